The summed E-state index contributed by atoms with van der Waals surface area (Å²) in [4.78, 5) is 8.35. The molecule has 1 unspecified atom stereocenters. The van der Waals surface area contributed by atoms with E-state index in [2.05, 4.69) is 20.6 Å². The molecule has 0 bridgehead atoms. The number of rotatable bonds is 8. The lowest BCUT2D eigenvalue weighted by Gasteiger charge is -2.19. The molecule has 0 amide bonds. The van der Waals surface area contributed by atoms with Gasteiger partial charge in [0.2, 0.25) is 0 Å². The molecule has 0 spiro atoms. The van der Waals surface area contributed by atoms with Gasteiger partial charge in [-0.05, 0) is 61.4 Å². The first-order valence-corrected chi connectivity index (χ1v) is 9.44. The summed E-state index contributed by atoms with van der Waals surface area (Å²) >= 11 is 0. The van der Waals surface area contributed by atoms with Crippen molar-refractivity contribution in [2.45, 2.75) is 32.2 Å². The van der Waals surface area contributed by atoms with Crippen molar-refractivity contribution in [3.05, 3.63) is 59.7 Å². The van der Waals surface area contributed by atoms with Gasteiger partial charge < -0.3 is 15.4 Å². The Labute approximate surface area is 183 Å². The van der Waals surface area contributed by atoms with E-state index in [1.807, 2.05) is 31.3 Å². The van der Waals surface area contributed by atoms with Gasteiger partial charge in [0.15, 0.2) is 17.5 Å². The van der Waals surface area contributed by atoms with Crippen molar-refractivity contribution in [3.63, 3.8) is 0 Å². The lowest BCUT2D eigenvalue weighted by Crippen LogP contribution is -2.39. The Hall–Kier alpha value is -1.90. The molecule has 3 rings (SSSR count). The number of guanidine groups is 1. The molecule has 7 heteroatoms. The maximum atomic E-state index is 14.3. The van der Waals surface area contributed by atoms with Gasteiger partial charge in [-0.25, -0.2) is 4.39 Å². The fourth-order valence-electron chi connectivity index (χ4n) is 2.75. The van der Waals surface area contributed by atoms with Crippen LogP contribution in [0.2, 0.25) is 0 Å². The van der Waals surface area contributed by atoms with Crippen molar-refractivity contribution in [2.24, 2.45) is 10.9 Å². The summed E-state index contributed by atoms with van der Waals surface area (Å²) in [6.07, 6.45) is 6.85. The maximum absolute atomic E-state index is 14.3. The molecule has 1 aromatic heterocycles. The topological polar surface area (TPSA) is 58.5 Å². The highest BCUT2D eigenvalue weighted by Crippen LogP contribution is 2.30. The summed E-state index contributed by atoms with van der Waals surface area (Å²) in [5.41, 5.74) is 2.01. The van der Waals surface area contributed by atoms with Crippen LogP contribution >= 0.6 is 24.0 Å². The molecule has 1 heterocycles. The number of nitrogens with one attached hydrogen (secondary N) is 2. The van der Waals surface area contributed by atoms with Crippen LogP contribution in [0.25, 0.3) is 0 Å². The van der Waals surface area contributed by atoms with Crippen molar-refractivity contribution in [3.8, 4) is 5.75 Å². The average molecular weight is 498 g/mol. The van der Waals surface area contributed by atoms with E-state index >= 15 is 0 Å². The largest absolute Gasteiger partial charge is 0.490 e. The third-order valence-electron chi connectivity index (χ3n) is 4.63. The van der Waals surface area contributed by atoms with Crippen molar-refractivity contribution >= 4 is 29.9 Å². The molecule has 0 radical (unpaired) electrons. The van der Waals surface area contributed by atoms with Crippen LogP contribution in [0.5, 0.6) is 5.75 Å². The van der Waals surface area contributed by atoms with Crippen LogP contribution in [0.1, 0.15) is 36.9 Å². The molecule has 0 aliphatic heterocycles. The normalized spacial score (nSPS) is 14.8. The number of nitrogens with zero attached hydrogens (tertiary/aromatic N) is 2. The molecular weight excluding hydrogens is 470 g/mol. The zero-order chi connectivity index (χ0) is 19.1. The number of aliphatic imine (C=N–C) groups is 1. The Morgan fingerprint density at radius 3 is 2.82 bits per heavy atom. The predicted octanol–water partition coefficient (Wildman–Crippen LogP) is 4.10. The second-order valence-electron chi connectivity index (χ2n) is 6.92. The Bertz CT molecular complexity index is 768. The first kappa shape index (κ1) is 22.4. The minimum atomic E-state index is -0.318. The highest BCUT2D eigenvalue weighted by molar-refractivity contribution is 14.0. The van der Waals surface area contributed by atoms with Crippen molar-refractivity contribution in [1.82, 2.24) is 15.6 Å². The van der Waals surface area contributed by atoms with Crippen LogP contribution in [0.4, 0.5) is 4.39 Å². The zero-order valence-corrected chi connectivity index (χ0v) is 18.7. The van der Waals surface area contributed by atoms with Crippen molar-refractivity contribution < 1.29 is 9.13 Å². The number of ether oxygens (including phenoxy) is 1. The van der Waals surface area contributed by atoms with Gasteiger partial charge in [0.25, 0.3) is 0 Å². The molecule has 28 heavy (non-hydrogen) atoms. The third kappa shape index (κ3) is 6.92. The highest BCUT2D eigenvalue weighted by atomic mass is 127. The van der Waals surface area contributed by atoms with Gasteiger partial charge in [0.05, 0.1) is 12.6 Å². The van der Waals surface area contributed by atoms with Crippen LogP contribution < -0.4 is 15.4 Å². The number of pyridine rings is 1. The quantitative estimate of drug-likeness (QED) is 0.327. The number of benzene rings is 1. The van der Waals surface area contributed by atoms with Crippen molar-refractivity contribution in [1.29, 1.82) is 0 Å². The second-order valence-corrected chi connectivity index (χ2v) is 6.92. The molecule has 1 aliphatic carbocycles. The molecule has 1 aliphatic rings. The first-order valence-electron chi connectivity index (χ1n) is 9.44. The monoisotopic (exact) mass is 498 g/mol. The molecular formula is C21H28FIN4O. The van der Waals surface area contributed by atoms with E-state index < -0.39 is 0 Å². The maximum Gasteiger partial charge on any atom is 0.191 e. The van der Waals surface area contributed by atoms with Crippen LogP contribution in [0, 0.1) is 11.7 Å². The molecule has 1 aromatic carbocycles. The number of hydrogen-bond acceptors (Lipinski definition) is 3. The fraction of sp³-hybridized carbons (Fsp3) is 0.429. The summed E-state index contributed by atoms with van der Waals surface area (Å²) in [5, 5.41) is 6.57. The van der Waals surface area contributed by atoms with Crippen LogP contribution in [0.3, 0.4) is 0 Å². The van der Waals surface area contributed by atoms with Gasteiger partial charge in [0.1, 0.15) is 0 Å². The number of halogens is 2. The second kappa shape index (κ2) is 11.2. The Kier molecular flexibility index (Phi) is 8.95. The molecule has 1 fully saturated rings. The van der Waals surface area contributed by atoms with E-state index in [1.54, 1.807) is 19.3 Å². The predicted molar refractivity (Wildman–Crippen MR) is 121 cm³/mol. The highest BCUT2D eigenvalue weighted by Gasteiger charge is 2.22. The van der Waals surface area contributed by atoms with Gasteiger partial charge in [0, 0.05) is 26.0 Å². The lowest BCUT2D eigenvalue weighted by molar-refractivity contribution is 0.285. The van der Waals surface area contributed by atoms with Crippen LogP contribution in [0.15, 0.2) is 47.7 Å². The van der Waals surface area contributed by atoms with Crippen LogP contribution in [-0.4, -0.2) is 31.1 Å². The van der Waals surface area contributed by atoms with E-state index in [-0.39, 0.29) is 35.8 Å². The Morgan fingerprint density at radius 1 is 1.36 bits per heavy atom. The summed E-state index contributed by atoms with van der Waals surface area (Å²) < 4.78 is 19.8. The third-order valence-corrected chi connectivity index (χ3v) is 4.63. The lowest BCUT2D eigenvalue weighted by atomic mass is 10.1. The van der Waals surface area contributed by atoms with Gasteiger partial charge in [-0.1, -0.05) is 12.1 Å². The average Bonchev–Trinajstić information content (AvgIpc) is 3.51. The molecule has 5 nitrogen and oxygen atoms in total. The Morgan fingerprint density at radius 2 is 2.18 bits per heavy atom. The van der Waals surface area contributed by atoms with E-state index in [4.69, 9.17) is 4.74 Å². The standard InChI is InChI=1S/C21H27FN4O.HI/c1-15(18-7-8-20(19(22)12-18)27-14-17-5-6-17)26-21(23-2)25-11-9-16-4-3-10-24-13-16;/h3-4,7-8,10,12-13,15,17H,5-6,9,11,14H2,1-2H3,(H2,23,25,26);1H. The fourth-order valence-corrected chi connectivity index (χ4v) is 2.75. The van der Waals surface area contributed by atoms with E-state index in [0.29, 0.717) is 24.2 Å². The van der Waals surface area contributed by atoms with Gasteiger partial charge in [-0.3, -0.25) is 9.98 Å². The smallest absolute Gasteiger partial charge is 0.191 e. The summed E-state index contributed by atoms with van der Waals surface area (Å²) in [7, 11) is 1.72. The van der Waals surface area contributed by atoms with E-state index in [9.17, 15) is 4.39 Å². The van der Waals surface area contributed by atoms with E-state index in [0.717, 1.165) is 24.1 Å². The minimum Gasteiger partial charge on any atom is -0.490 e. The molecule has 2 aromatic rings. The molecule has 2 N–H and O–H groups in total. The molecule has 152 valence electrons. The molecule has 1 saturated carbocycles. The first-order chi connectivity index (χ1) is 13.2. The van der Waals surface area contributed by atoms with Gasteiger partial charge in [-0.15, -0.1) is 24.0 Å². The molecule has 1 atom stereocenters. The van der Waals surface area contributed by atoms with Crippen LogP contribution in [-0.2, 0) is 6.42 Å². The zero-order valence-electron chi connectivity index (χ0n) is 16.3. The number of aromatic nitrogens is 1. The number of hydrogen-bond donors (Lipinski definition) is 2. The summed E-state index contributed by atoms with van der Waals surface area (Å²) in [6, 6.07) is 9.03. The van der Waals surface area contributed by atoms with Gasteiger partial charge in [-0.2, -0.15) is 0 Å². The SMILES string of the molecule is CN=C(NCCc1cccnc1)NC(C)c1ccc(OCC2CC2)c(F)c1.I. The molecule has 0 saturated heterocycles. The summed E-state index contributed by atoms with van der Waals surface area (Å²) in [5.74, 6) is 1.30. The van der Waals surface area contributed by atoms with Crippen molar-refractivity contribution in [2.75, 3.05) is 20.2 Å². The Balaban J connectivity index is 0.00000280. The van der Waals surface area contributed by atoms with Gasteiger partial charge >= 0.3 is 0 Å². The van der Waals surface area contributed by atoms with E-state index in [1.165, 1.54) is 18.9 Å². The summed E-state index contributed by atoms with van der Waals surface area (Å²) in [6.45, 7) is 3.32. The minimum absolute atomic E-state index is 0.